The predicted octanol–water partition coefficient (Wildman–Crippen LogP) is 2.64. The van der Waals surface area contributed by atoms with Gasteiger partial charge in [-0.15, -0.1) is 0 Å². The number of carbonyl (C=O) groups is 3. The zero-order valence-corrected chi connectivity index (χ0v) is 14.6. The van der Waals surface area contributed by atoms with Crippen molar-refractivity contribution in [3.8, 4) is 0 Å². The highest BCUT2D eigenvalue weighted by atomic mass is 16.6. The molecule has 0 saturated heterocycles. The summed E-state index contributed by atoms with van der Waals surface area (Å²) in [6, 6.07) is 8.53. The molecule has 24 heavy (non-hydrogen) atoms. The van der Waals surface area contributed by atoms with Gasteiger partial charge in [0.15, 0.2) is 5.78 Å². The molecule has 1 aromatic carbocycles. The van der Waals surface area contributed by atoms with Crippen LogP contribution in [0.4, 0.5) is 4.79 Å². The molecule has 1 aromatic rings. The van der Waals surface area contributed by atoms with Gasteiger partial charge in [0.25, 0.3) is 0 Å². The lowest BCUT2D eigenvalue weighted by molar-refractivity contribution is -0.128. The van der Waals surface area contributed by atoms with Crippen LogP contribution in [0.2, 0.25) is 0 Å². The third-order valence-electron chi connectivity index (χ3n) is 2.90. The molecule has 6 nitrogen and oxygen atoms in total. The Hall–Kier alpha value is -2.21. The highest BCUT2D eigenvalue weighted by molar-refractivity contribution is 6.01. The standard InChI is InChI=1S/C18H25NO5/c1-13(20)10-16(21)15(19-17(22)24-18(2,3)4)12-23-11-14-8-6-5-7-9-14/h5-9,15H,10-12H2,1-4H3,(H,19,22)/t15-/m1/s1. The molecule has 1 rings (SSSR count). The van der Waals surface area contributed by atoms with E-state index in [1.807, 2.05) is 30.3 Å². The van der Waals surface area contributed by atoms with Crippen molar-refractivity contribution in [1.82, 2.24) is 5.32 Å². The number of ketones is 2. The summed E-state index contributed by atoms with van der Waals surface area (Å²) in [4.78, 5) is 35.2. The highest BCUT2D eigenvalue weighted by Gasteiger charge is 2.25. The second kappa shape index (κ2) is 9.17. The van der Waals surface area contributed by atoms with E-state index in [9.17, 15) is 14.4 Å². The van der Waals surface area contributed by atoms with E-state index in [0.29, 0.717) is 6.61 Å². The molecule has 0 aliphatic heterocycles. The molecule has 0 radical (unpaired) electrons. The number of hydrogen-bond acceptors (Lipinski definition) is 5. The van der Waals surface area contributed by atoms with Crippen LogP contribution in [-0.4, -0.2) is 35.9 Å². The van der Waals surface area contributed by atoms with E-state index in [1.54, 1.807) is 20.8 Å². The monoisotopic (exact) mass is 335 g/mol. The molecular weight excluding hydrogens is 310 g/mol. The molecule has 0 aliphatic rings. The van der Waals surface area contributed by atoms with E-state index in [2.05, 4.69) is 5.32 Å². The van der Waals surface area contributed by atoms with Gasteiger partial charge in [0.05, 0.1) is 19.6 Å². The van der Waals surface area contributed by atoms with Crippen LogP contribution in [0, 0.1) is 0 Å². The van der Waals surface area contributed by atoms with Crippen molar-refractivity contribution in [1.29, 1.82) is 0 Å². The van der Waals surface area contributed by atoms with Crippen LogP contribution in [0.3, 0.4) is 0 Å². The summed E-state index contributed by atoms with van der Waals surface area (Å²) in [6.07, 6.45) is -0.970. The van der Waals surface area contributed by atoms with Crippen molar-refractivity contribution < 1.29 is 23.9 Å². The molecule has 1 atom stereocenters. The van der Waals surface area contributed by atoms with Gasteiger partial charge in [-0.1, -0.05) is 30.3 Å². The minimum atomic E-state index is -0.924. The Balaban J connectivity index is 2.61. The number of alkyl carbamates (subject to hydrolysis) is 1. The maximum atomic E-state index is 12.1. The molecule has 1 N–H and O–H groups in total. The molecule has 0 unspecified atom stereocenters. The fourth-order valence-corrected chi connectivity index (χ4v) is 1.90. The first kappa shape index (κ1) is 19.8. The van der Waals surface area contributed by atoms with Crippen LogP contribution in [0.25, 0.3) is 0 Å². The van der Waals surface area contributed by atoms with Gasteiger partial charge in [0, 0.05) is 0 Å². The Labute approximate surface area is 142 Å². The number of rotatable bonds is 8. The molecule has 0 aromatic heterocycles. The first-order valence-corrected chi connectivity index (χ1v) is 7.80. The van der Waals surface area contributed by atoms with Crippen LogP contribution < -0.4 is 5.32 Å². The minimum Gasteiger partial charge on any atom is -0.444 e. The molecule has 6 heteroatoms. The van der Waals surface area contributed by atoms with Gasteiger partial charge in [-0.2, -0.15) is 0 Å². The molecule has 0 spiro atoms. The SMILES string of the molecule is CC(=O)CC(=O)[C@@H](COCc1ccccc1)NC(=O)OC(C)(C)C. The highest BCUT2D eigenvalue weighted by Crippen LogP contribution is 2.08. The Morgan fingerprint density at radius 2 is 1.75 bits per heavy atom. The lowest BCUT2D eigenvalue weighted by atomic mass is 10.1. The number of benzene rings is 1. The minimum absolute atomic E-state index is 0.0275. The average molecular weight is 335 g/mol. The third-order valence-corrected chi connectivity index (χ3v) is 2.90. The summed E-state index contributed by atoms with van der Waals surface area (Å²) < 4.78 is 10.7. The van der Waals surface area contributed by atoms with E-state index in [4.69, 9.17) is 9.47 Å². The van der Waals surface area contributed by atoms with Crippen molar-refractivity contribution in [2.24, 2.45) is 0 Å². The van der Waals surface area contributed by atoms with Crippen molar-refractivity contribution in [2.75, 3.05) is 6.61 Å². The summed E-state index contributed by atoms with van der Waals surface area (Å²) in [6.45, 7) is 6.79. The lowest BCUT2D eigenvalue weighted by Gasteiger charge is -2.23. The molecule has 1 amide bonds. The van der Waals surface area contributed by atoms with Gasteiger partial charge >= 0.3 is 6.09 Å². The van der Waals surface area contributed by atoms with E-state index < -0.39 is 23.5 Å². The Morgan fingerprint density at radius 1 is 1.12 bits per heavy atom. The average Bonchev–Trinajstić information content (AvgIpc) is 2.44. The molecule has 0 aliphatic carbocycles. The van der Waals surface area contributed by atoms with Gasteiger partial charge in [0.1, 0.15) is 17.4 Å². The van der Waals surface area contributed by atoms with Crippen molar-refractivity contribution >= 4 is 17.7 Å². The number of nitrogens with one attached hydrogen (secondary N) is 1. The number of Topliss-reactive ketones (excluding diaryl/α,β-unsaturated/α-hetero) is 2. The Bertz CT molecular complexity index is 563. The van der Waals surface area contributed by atoms with Gasteiger partial charge in [-0.05, 0) is 33.3 Å². The number of ether oxygens (including phenoxy) is 2. The van der Waals surface area contributed by atoms with Crippen LogP contribution in [0.1, 0.15) is 39.7 Å². The van der Waals surface area contributed by atoms with Gasteiger partial charge in [-0.25, -0.2) is 4.79 Å². The maximum Gasteiger partial charge on any atom is 0.408 e. The summed E-state index contributed by atoms with van der Waals surface area (Å²) in [7, 11) is 0. The second-order valence-corrected chi connectivity index (χ2v) is 6.54. The first-order valence-electron chi connectivity index (χ1n) is 7.80. The first-order chi connectivity index (χ1) is 11.2. The summed E-state index contributed by atoms with van der Waals surface area (Å²) in [5.41, 5.74) is 0.274. The quantitative estimate of drug-likeness (QED) is 0.739. The predicted molar refractivity (Wildman–Crippen MR) is 89.6 cm³/mol. The molecule has 0 bridgehead atoms. The lowest BCUT2D eigenvalue weighted by Crippen LogP contribution is -2.46. The maximum absolute atomic E-state index is 12.1. The molecular formula is C18H25NO5. The summed E-state index contributed by atoms with van der Waals surface area (Å²) in [5.74, 6) is -0.666. The van der Waals surface area contributed by atoms with Crippen LogP contribution in [-0.2, 0) is 25.7 Å². The molecule has 0 fully saturated rings. The van der Waals surface area contributed by atoms with Gasteiger partial charge in [0.2, 0.25) is 0 Å². The van der Waals surface area contributed by atoms with Crippen molar-refractivity contribution in [3.63, 3.8) is 0 Å². The van der Waals surface area contributed by atoms with E-state index in [1.165, 1.54) is 6.92 Å². The Kier molecular flexibility index (Phi) is 7.58. The molecule has 0 saturated carbocycles. The Morgan fingerprint density at radius 3 is 2.29 bits per heavy atom. The number of carbonyl (C=O) groups excluding carboxylic acids is 3. The third kappa shape index (κ3) is 8.43. The van der Waals surface area contributed by atoms with E-state index in [0.717, 1.165) is 5.56 Å². The van der Waals surface area contributed by atoms with Gasteiger partial charge in [-0.3, -0.25) is 9.59 Å². The largest absolute Gasteiger partial charge is 0.444 e. The fraction of sp³-hybridized carbons (Fsp3) is 0.500. The zero-order chi connectivity index (χ0) is 18.2. The van der Waals surface area contributed by atoms with E-state index >= 15 is 0 Å². The smallest absolute Gasteiger partial charge is 0.408 e. The van der Waals surface area contributed by atoms with Crippen LogP contribution in [0.15, 0.2) is 30.3 Å². The van der Waals surface area contributed by atoms with Crippen molar-refractivity contribution in [3.05, 3.63) is 35.9 Å². The van der Waals surface area contributed by atoms with Crippen molar-refractivity contribution in [2.45, 2.75) is 52.4 Å². The van der Waals surface area contributed by atoms with Crippen LogP contribution in [0.5, 0.6) is 0 Å². The van der Waals surface area contributed by atoms with Gasteiger partial charge < -0.3 is 14.8 Å². The molecule has 132 valence electrons. The number of amides is 1. The molecule has 0 heterocycles. The van der Waals surface area contributed by atoms with E-state index in [-0.39, 0.29) is 18.8 Å². The topological polar surface area (TPSA) is 81.7 Å². The zero-order valence-electron chi connectivity index (χ0n) is 14.6. The second-order valence-electron chi connectivity index (χ2n) is 6.54. The normalized spacial score (nSPS) is 12.3. The fourth-order valence-electron chi connectivity index (χ4n) is 1.90. The number of hydrogen-bond donors (Lipinski definition) is 1. The van der Waals surface area contributed by atoms with Crippen LogP contribution >= 0.6 is 0 Å². The summed E-state index contributed by atoms with van der Waals surface area (Å²) in [5, 5.41) is 2.48. The summed E-state index contributed by atoms with van der Waals surface area (Å²) >= 11 is 0.